The van der Waals surface area contributed by atoms with Gasteiger partial charge in [0.15, 0.2) is 0 Å². The SMILES string of the molecule is CCC(c1ccccc1)N(CC)C(=O)c1nc2n(n1)CCCN2. The van der Waals surface area contributed by atoms with Crippen LogP contribution in [0.4, 0.5) is 5.95 Å². The number of nitrogens with zero attached hydrogens (tertiary/aromatic N) is 4. The molecular formula is C17H23N5O. The molecule has 1 aliphatic heterocycles. The van der Waals surface area contributed by atoms with Crippen molar-refractivity contribution in [2.75, 3.05) is 18.4 Å². The van der Waals surface area contributed by atoms with Crippen LogP contribution >= 0.6 is 0 Å². The molecule has 0 fully saturated rings. The van der Waals surface area contributed by atoms with Crippen molar-refractivity contribution < 1.29 is 4.79 Å². The molecule has 1 aromatic heterocycles. The normalized spacial score (nSPS) is 14.7. The zero-order chi connectivity index (χ0) is 16.2. The number of fused-ring (bicyclic) bond motifs is 1. The molecule has 2 heterocycles. The van der Waals surface area contributed by atoms with Crippen LogP contribution in [-0.4, -0.2) is 38.7 Å². The van der Waals surface area contributed by atoms with Crippen LogP contribution in [0.15, 0.2) is 30.3 Å². The number of carbonyl (C=O) groups is 1. The number of hydrogen-bond acceptors (Lipinski definition) is 4. The number of anilines is 1. The van der Waals surface area contributed by atoms with Gasteiger partial charge in [0.2, 0.25) is 11.8 Å². The summed E-state index contributed by atoms with van der Waals surface area (Å²) in [6, 6.07) is 10.2. The number of nitrogens with one attached hydrogen (secondary N) is 1. The molecule has 122 valence electrons. The third-order valence-corrected chi connectivity index (χ3v) is 4.24. The first-order valence-electron chi connectivity index (χ1n) is 8.29. The highest BCUT2D eigenvalue weighted by Gasteiger charge is 2.27. The maximum atomic E-state index is 12.9. The molecule has 0 aliphatic carbocycles. The summed E-state index contributed by atoms with van der Waals surface area (Å²) in [4.78, 5) is 19.2. The molecule has 1 N–H and O–H groups in total. The monoisotopic (exact) mass is 313 g/mol. The number of aromatic nitrogens is 3. The van der Waals surface area contributed by atoms with Crippen LogP contribution in [0.3, 0.4) is 0 Å². The molecule has 1 amide bonds. The van der Waals surface area contributed by atoms with Gasteiger partial charge < -0.3 is 10.2 Å². The van der Waals surface area contributed by atoms with Gasteiger partial charge in [0, 0.05) is 19.6 Å². The number of hydrogen-bond donors (Lipinski definition) is 1. The van der Waals surface area contributed by atoms with Crippen molar-refractivity contribution in [1.82, 2.24) is 19.7 Å². The predicted octanol–water partition coefficient (Wildman–Crippen LogP) is 2.71. The zero-order valence-corrected chi connectivity index (χ0v) is 13.7. The Morgan fingerprint density at radius 1 is 1.35 bits per heavy atom. The second-order valence-electron chi connectivity index (χ2n) is 5.69. The van der Waals surface area contributed by atoms with Crippen molar-refractivity contribution in [3.05, 3.63) is 41.7 Å². The van der Waals surface area contributed by atoms with E-state index in [0.29, 0.717) is 12.5 Å². The van der Waals surface area contributed by atoms with Gasteiger partial charge in [-0.2, -0.15) is 4.98 Å². The van der Waals surface area contributed by atoms with E-state index < -0.39 is 0 Å². The summed E-state index contributed by atoms with van der Waals surface area (Å²) in [6.45, 7) is 6.41. The fourth-order valence-electron chi connectivity index (χ4n) is 3.09. The molecule has 6 nitrogen and oxygen atoms in total. The van der Waals surface area contributed by atoms with E-state index >= 15 is 0 Å². The zero-order valence-electron chi connectivity index (χ0n) is 13.7. The van der Waals surface area contributed by atoms with Crippen molar-refractivity contribution >= 4 is 11.9 Å². The van der Waals surface area contributed by atoms with E-state index in [1.54, 1.807) is 4.68 Å². The Hall–Kier alpha value is -2.37. The lowest BCUT2D eigenvalue weighted by Gasteiger charge is -2.29. The number of benzene rings is 1. The van der Waals surface area contributed by atoms with E-state index in [0.717, 1.165) is 31.5 Å². The lowest BCUT2D eigenvalue weighted by Crippen LogP contribution is -2.35. The number of rotatable bonds is 5. The molecule has 1 aromatic carbocycles. The highest BCUT2D eigenvalue weighted by Crippen LogP contribution is 2.25. The Balaban J connectivity index is 1.87. The van der Waals surface area contributed by atoms with E-state index in [4.69, 9.17) is 0 Å². The Labute approximate surface area is 136 Å². The second-order valence-corrected chi connectivity index (χ2v) is 5.69. The summed E-state index contributed by atoms with van der Waals surface area (Å²) in [5.74, 6) is 0.876. The molecule has 0 saturated heterocycles. The summed E-state index contributed by atoms with van der Waals surface area (Å²) >= 11 is 0. The molecule has 23 heavy (non-hydrogen) atoms. The standard InChI is InChI=1S/C17H23N5O/c1-3-14(13-9-6-5-7-10-13)21(4-2)16(23)15-19-17-18-11-8-12-22(17)20-15/h5-7,9-10,14H,3-4,8,11-12H2,1-2H3,(H,18,19,20). The minimum Gasteiger partial charge on any atom is -0.354 e. The molecule has 2 aromatic rings. The number of amides is 1. The number of aryl methyl sites for hydroxylation is 1. The molecule has 0 spiro atoms. The lowest BCUT2D eigenvalue weighted by atomic mass is 10.0. The fourth-order valence-corrected chi connectivity index (χ4v) is 3.09. The minimum absolute atomic E-state index is 0.0437. The Morgan fingerprint density at radius 3 is 2.78 bits per heavy atom. The van der Waals surface area contributed by atoms with Gasteiger partial charge in [-0.15, -0.1) is 5.10 Å². The topological polar surface area (TPSA) is 63.1 Å². The molecule has 3 rings (SSSR count). The van der Waals surface area contributed by atoms with Crippen molar-refractivity contribution in [3.63, 3.8) is 0 Å². The lowest BCUT2D eigenvalue weighted by molar-refractivity contribution is 0.0670. The van der Waals surface area contributed by atoms with E-state index in [-0.39, 0.29) is 17.8 Å². The van der Waals surface area contributed by atoms with Crippen LogP contribution < -0.4 is 5.32 Å². The summed E-state index contributed by atoms with van der Waals surface area (Å²) in [7, 11) is 0. The molecular weight excluding hydrogens is 290 g/mol. The Morgan fingerprint density at radius 2 is 2.13 bits per heavy atom. The van der Waals surface area contributed by atoms with Crippen molar-refractivity contribution in [2.45, 2.75) is 39.3 Å². The Kier molecular flexibility index (Phi) is 4.60. The van der Waals surface area contributed by atoms with Gasteiger partial charge in [-0.3, -0.25) is 4.79 Å². The van der Waals surface area contributed by atoms with Gasteiger partial charge in [-0.1, -0.05) is 37.3 Å². The molecule has 6 heteroatoms. The van der Waals surface area contributed by atoms with Crippen LogP contribution in [0.25, 0.3) is 0 Å². The molecule has 0 bridgehead atoms. The van der Waals surface area contributed by atoms with Crippen LogP contribution in [0.5, 0.6) is 0 Å². The van der Waals surface area contributed by atoms with E-state index in [1.807, 2.05) is 30.0 Å². The maximum absolute atomic E-state index is 12.9. The van der Waals surface area contributed by atoms with Crippen LogP contribution in [0.2, 0.25) is 0 Å². The Bertz CT molecular complexity index is 643. The van der Waals surface area contributed by atoms with Gasteiger partial charge in [-0.05, 0) is 25.3 Å². The fraction of sp³-hybridized carbons (Fsp3) is 0.471. The van der Waals surface area contributed by atoms with Crippen LogP contribution in [-0.2, 0) is 6.54 Å². The van der Waals surface area contributed by atoms with Gasteiger partial charge in [0.25, 0.3) is 5.91 Å². The van der Waals surface area contributed by atoms with Gasteiger partial charge in [-0.25, -0.2) is 4.68 Å². The molecule has 0 radical (unpaired) electrons. The van der Waals surface area contributed by atoms with Crippen molar-refractivity contribution in [2.24, 2.45) is 0 Å². The van der Waals surface area contributed by atoms with Gasteiger partial charge in [0.1, 0.15) is 0 Å². The van der Waals surface area contributed by atoms with Gasteiger partial charge in [0.05, 0.1) is 6.04 Å². The third-order valence-electron chi connectivity index (χ3n) is 4.24. The largest absolute Gasteiger partial charge is 0.354 e. The maximum Gasteiger partial charge on any atom is 0.294 e. The van der Waals surface area contributed by atoms with E-state index in [9.17, 15) is 4.79 Å². The highest BCUT2D eigenvalue weighted by molar-refractivity contribution is 5.91. The van der Waals surface area contributed by atoms with Gasteiger partial charge >= 0.3 is 0 Å². The van der Waals surface area contributed by atoms with Crippen LogP contribution in [0.1, 0.15) is 48.9 Å². The van der Waals surface area contributed by atoms with E-state index in [2.05, 4.69) is 34.5 Å². The predicted molar refractivity (Wildman–Crippen MR) is 89.3 cm³/mol. The average Bonchev–Trinajstić information content (AvgIpc) is 3.04. The van der Waals surface area contributed by atoms with Crippen molar-refractivity contribution in [1.29, 1.82) is 0 Å². The molecule has 1 unspecified atom stereocenters. The first-order valence-corrected chi connectivity index (χ1v) is 8.29. The summed E-state index contributed by atoms with van der Waals surface area (Å²) in [5, 5.41) is 7.57. The minimum atomic E-state index is -0.105. The first-order chi connectivity index (χ1) is 11.2. The number of carbonyl (C=O) groups excluding carboxylic acids is 1. The van der Waals surface area contributed by atoms with E-state index in [1.165, 1.54) is 0 Å². The highest BCUT2D eigenvalue weighted by atomic mass is 16.2. The first kappa shape index (κ1) is 15.5. The summed E-state index contributed by atoms with van der Waals surface area (Å²) in [6.07, 6.45) is 1.86. The molecule has 0 saturated carbocycles. The summed E-state index contributed by atoms with van der Waals surface area (Å²) < 4.78 is 1.79. The average molecular weight is 313 g/mol. The quantitative estimate of drug-likeness (QED) is 0.922. The summed E-state index contributed by atoms with van der Waals surface area (Å²) in [5.41, 5.74) is 1.15. The van der Waals surface area contributed by atoms with Crippen LogP contribution in [0, 0.1) is 0 Å². The smallest absolute Gasteiger partial charge is 0.294 e. The second kappa shape index (κ2) is 6.81. The molecule has 1 atom stereocenters. The third kappa shape index (κ3) is 3.06. The van der Waals surface area contributed by atoms with Crippen molar-refractivity contribution in [3.8, 4) is 0 Å². The molecule has 1 aliphatic rings.